The van der Waals surface area contributed by atoms with Crippen molar-refractivity contribution in [3.8, 4) is 0 Å². The zero-order valence-electron chi connectivity index (χ0n) is 11.9. The summed E-state index contributed by atoms with van der Waals surface area (Å²) in [5, 5.41) is 11.7. The van der Waals surface area contributed by atoms with Gasteiger partial charge in [0, 0.05) is 10.6 Å². The average molecular weight is 317 g/mol. The maximum absolute atomic E-state index is 11.7. The van der Waals surface area contributed by atoms with E-state index in [9.17, 15) is 9.59 Å². The Morgan fingerprint density at radius 2 is 1.91 bits per heavy atom. The molecule has 0 saturated heterocycles. The third-order valence-electron chi connectivity index (χ3n) is 2.89. The van der Waals surface area contributed by atoms with Gasteiger partial charge in [-0.3, -0.25) is 5.32 Å². The summed E-state index contributed by atoms with van der Waals surface area (Å²) in [6.45, 7) is 0.154. The Kier molecular flexibility index (Phi) is 5.43. The van der Waals surface area contributed by atoms with Crippen LogP contribution in [0.4, 0.5) is 10.5 Å². The van der Waals surface area contributed by atoms with Gasteiger partial charge >= 0.3 is 12.1 Å². The third kappa shape index (κ3) is 4.26. The molecule has 0 spiro atoms. The van der Waals surface area contributed by atoms with Crippen molar-refractivity contribution in [3.63, 3.8) is 0 Å². The van der Waals surface area contributed by atoms with Crippen LogP contribution in [0.2, 0.25) is 0 Å². The van der Waals surface area contributed by atoms with Gasteiger partial charge < -0.3 is 9.84 Å². The molecule has 0 bridgehead atoms. The molecule has 0 atom stereocenters. The van der Waals surface area contributed by atoms with Crippen molar-refractivity contribution in [1.82, 2.24) is 0 Å². The van der Waals surface area contributed by atoms with Crippen LogP contribution in [0.25, 0.3) is 0 Å². The lowest BCUT2D eigenvalue weighted by atomic mass is 10.2. The van der Waals surface area contributed by atoms with E-state index in [0.29, 0.717) is 10.6 Å². The Morgan fingerprint density at radius 3 is 2.55 bits per heavy atom. The number of anilines is 1. The summed E-state index contributed by atoms with van der Waals surface area (Å²) in [6, 6.07) is 14.0. The zero-order valence-corrected chi connectivity index (χ0v) is 12.7. The molecule has 0 fully saturated rings. The van der Waals surface area contributed by atoms with Gasteiger partial charge in [0.1, 0.15) is 6.61 Å². The summed E-state index contributed by atoms with van der Waals surface area (Å²) in [4.78, 5) is 23.5. The highest BCUT2D eigenvalue weighted by Gasteiger charge is 2.12. The van der Waals surface area contributed by atoms with E-state index in [0.717, 1.165) is 5.56 Å². The predicted octanol–water partition coefficient (Wildman–Crippen LogP) is 3.86. The van der Waals surface area contributed by atoms with Crippen molar-refractivity contribution in [2.45, 2.75) is 11.5 Å². The van der Waals surface area contributed by atoms with Crippen molar-refractivity contribution in [1.29, 1.82) is 0 Å². The van der Waals surface area contributed by atoms with Gasteiger partial charge in [0.05, 0.1) is 5.56 Å². The Labute approximate surface area is 132 Å². The van der Waals surface area contributed by atoms with E-state index in [4.69, 9.17) is 9.84 Å². The topological polar surface area (TPSA) is 75.6 Å². The molecule has 0 aliphatic rings. The summed E-state index contributed by atoms with van der Waals surface area (Å²) in [6.07, 6.45) is 1.17. The zero-order chi connectivity index (χ0) is 15.9. The Hall–Kier alpha value is -2.47. The van der Waals surface area contributed by atoms with Crippen LogP contribution in [0.3, 0.4) is 0 Å². The number of carbonyl (C=O) groups excluding carboxylic acids is 1. The van der Waals surface area contributed by atoms with Gasteiger partial charge in [0.2, 0.25) is 0 Å². The van der Waals surface area contributed by atoms with Crippen LogP contribution in [0, 0.1) is 0 Å². The maximum Gasteiger partial charge on any atom is 0.411 e. The summed E-state index contributed by atoms with van der Waals surface area (Å²) < 4.78 is 5.09. The minimum absolute atomic E-state index is 0.147. The summed E-state index contributed by atoms with van der Waals surface area (Å²) in [5.41, 5.74) is 1.41. The van der Waals surface area contributed by atoms with E-state index in [1.165, 1.54) is 17.8 Å². The molecule has 5 nitrogen and oxygen atoms in total. The monoisotopic (exact) mass is 317 g/mol. The highest BCUT2D eigenvalue weighted by Crippen LogP contribution is 2.24. The summed E-state index contributed by atoms with van der Waals surface area (Å²) >= 11 is 1.33. The van der Waals surface area contributed by atoms with Crippen molar-refractivity contribution in [2.24, 2.45) is 0 Å². The fourth-order valence-corrected chi connectivity index (χ4v) is 2.40. The number of benzene rings is 2. The molecule has 2 aromatic carbocycles. The van der Waals surface area contributed by atoms with Gasteiger partial charge in [-0.1, -0.05) is 30.3 Å². The molecule has 1 amide bonds. The predicted molar refractivity (Wildman–Crippen MR) is 85.4 cm³/mol. The van der Waals surface area contributed by atoms with Crippen LogP contribution in [-0.4, -0.2) is 23.4 Å². The van der Waals surface area contributed by atoms with Gasteiger partial charge in [0.15, 0.2) is 0 Å². The molecule has 0 unspecified atom stereocenters. The lowest BCUT2D eigenvalue weighted by Gasteiger charge is -2.09. The van der Waals surface area contributed by atoms with E-state index < -0.39 is 12.1 Å². The Morgan fingerprint density at radius 1 is 1.18 bits per heavy atom. The average Bonchev–Trinajstić information content (AvgIpc) is 2.54. The van der Waals surface area contributed by atoms with E-state index >= 15 is 0 Å². The van der Waals surface area contributed by atoms with Gasteiger partial charge in [-0.15, -0.1) is 11.8 Å². The first-order valence-electron chi connectivity index (χ1n) is 6.49. The second kappa shape index (κ2) is 7.51. The van der Waals surface area contributed by atoms with Gasteiger partial charge in [-0.2, -0.15) is 0 Å². The number of thioether (sulfide) groups is 1. The number of amides is 1. The number of nitrogens with one attached hydrogen (secondary N) is 1. The van der Waals surface area contributed by atoms with E-state index in [1.807, 2.05) is 30.3 Å². The van der Waals surface area contributed by atoms with Crippen LogP contribution in [0.15, 0.2) is 53.4 Å². The molecular weight excluding hydrogens is 302 g/mol. The number of hydrogen-bond donors (Lipinski definition) is 2. The second-order valence-corrected chi connectivity index (χ2v) is 5.26. The van der Waals surface area contributed by atoms with E-state index in [2.05, 4.69) is 5.32 Å². The van der Waals surface area contributed by atoms with Crippen LogP contribution in [-0.2, 0) is 11.3 Å². The van der Waals surface area contributed by atoms with Gasteiger partial charge in [-0.05, 0) is 30.0 Å². The first-order chi connectivity index (χ1) is 10.6. The third-order valence-corrected chi connectivity index (χ3v) is 3.68. The van der Waals surface area contributed by atoms with Crippen molar-refractivity contribution >= 4 is 29.5 Å². The Bertz CT molecular complexity index is 673. The SMILES string of the molecule is CSc1ccc(NC(=O)OCc2ccccc2)cc1C(=O)O. The van der Waals surface area contributed by atoms with Crippen LogP contribution in [0.1, 0.15) is 15.9 Å². The standard InChI is InChI=1S/C16H15NO4S/c1-22-14-8-7-12(9-13(14)15(18)19)17-16(20)21-10-11-5-3-2-4-6-11/h2-9H,10H2,1H3,(H,17,20)(H,18,19). The number of hydrogen-bond acceptors (Lipinski definition) is 4. The summed E-state index contributed by atoms with van der Waals surface area (Å²) in [5.74, 6) is -1.04. The molecule has 0 aliphatic carbocycles. The highest BCUT2D eigenvalue weighted by molar-refractivity contribution is 7.98. The van der Waals surface area contributed by atoms with Crippen LogP contribution < -0.4 is 5.32 Å². The molecule has 0 aliphatic heterocycles. The fourth-order valence-electron chi connectivity index (χ4n) is 1.83. The van der Waals surface area contributed by atoms with Crippen molar-refractivity contribution < 1.29 is 19.4 Å². The number of ether oxygens (including phenoxy) is 1. The van der Waals surface area contributed by atoms with Gasteiger partial charge in [0.25, 0.3) is 0 Å². The maximum atomic E-state index is 11.7. The molecule has 22 heavy (non-hydrogen) atoms. The quantitative estimate of drug-likeness (QED) is 0.819. The largest absolute Gasteiger partial charge is 0.478 e. The minimum atomic E-state index is -1.04. The van der Waals surface area contributed by atoms with Crippen LogP contribution in [0.5, 0.6) is 0 Å². The number of rotatable bonds is 5. The van der Waals surface area contributed by atoms with Crippen LogP contribution >= 0.6 is 11.8 Å². The second-order valence-electron chi connectivity index (χ2n) is 4.41. The van der Waals surface area contributed by atoms with Gasteiger partial charge in [-0.25, -0.2) is 9.59 Å². The molecule has 2 N–H and O–H groups in total. The molecule has 2 aromatic rings. The first kappa shape index (κ1) is 15.9. The highest BCUT2D eigenvalue weighted by atomic mass is 32.2. The van der Waals surface area contributed by atoms with Crippen molar-refractivity contribution in [2.75, 3.05) is 11.6 Å². The number of carboxylic acids is 1. The molecule has 2 rings (SSSR count). The summed E-state index contributed by atoms with van der Waals surface area (Å²) in [7, 11) is 0. The molecule has 114 valence electrons. The minimum Gasteiger partial charge on any atom is -0.478 e. The van der Waals surface area contributed by atoms with Crippen molar-refractivity contribution in [3.05, 3.63) is 59.7 Å². The van der Waals surface area contributed by atoms with E-state index in [1.54, 1.807) is 18.4 Å². The first-order valence-corrected chi connectivity index (χ1v) is 7.71. The fraction of sp³-hybridized carbons (Fsp3) is 0.125. The normalized spacial score (nSPS) is 10.0. The Balaban J connectivity index is 1.99. The molecule has 0 radical (unpaired) electrons. The molecule has 0 saturated carbocycles. The molecular formula is C16H15NO4S. The molecule has 0 aromatic heterocycles. The molecule has 6 heteroatoms. The lowest BCUT2D eigenvalue weighted by molar-refractivity contribution is 0.0693. The molecule has 0 heterocycles. The number of carbonyl (C=O) groups is 2. The number of carboxylic acid groups (broad SMARTS) is 1. The van der Waals surface area contributed by atoms with E-state index in [-0.39, 0.29) is 12.2 Å². The lowest BCUT2D eigenvalue weighted by Crippen LogP contribution is -2.14. The smallest absolute Gasteiger partial charge is 0.411 e. The number of aromatic carboxylic acids is 1.